The zero-order valence-electron chi connectivity index (χ0n) is 12.5. The van der Waals surface area contributed by atoms with Gasteiger partial charge in [-0.2, -0.15) is 0 Å². The summed E-state index contributed by atoms with van der Waals surface area (Å²) in [7, 11) is 3.44. The molecule has 0 atom stereocenters. The number of methoxy groups -OCH3 is 2. The molecule has 110 valence electrons. The summed E-state index contributed by atoms with van der Waals surface area (Å²) in [6, 6.07) is 0. The molecule has 1 heterocycles. The molecule has 19 heavy (non-hydrogen) atoms. The molecule has 1 rings (SSSR count). The number of nitrogens with zero attached hydrogens (tertiary/aromatic N) is 1. The van der Waals surface area contributed by atoms with Crippen LogP contribution in [0.4, 0.5) is 0 Å². The molecule has 0 amide bonds. The molecular formula is C14H26N2O2S. The Morgan fingerprint density at radius 1 is 1.21 bits per heavy atom. The molecule has 0 bridgehead atoms. The van der Waals surface area contributed by atoms with Crippen LogP contribution < -0.4 is 5.32 Å². The van der Waals surface area contributed by atoms with E-state index in [-0.39, 0.29) is 0 Å². The number of thiazole rings is 1. The van der Waals surface area contributed by atoms with E-state index >= 15 is 0 Å². The van der Waals surface area contributed by atoms with Gasteiger partial charge >= 0.3 is 0 Å². The summed E-state index contributed by atoms with van der Waals surface area (Å²) in [5.74, 6) is 0.577. The molecule has 5 heteroatoms. The number of nitrogens with one attached hydrogen (secondary N) is 1. The number of hydrogen-bond donors (Lipinski definition) is 1. The van der Waals surface area contributed by atoms with E-state index in [4.69, 9.17) is 14.5 Å². The molecule has 1 aromatic rings. The maximum atomic E-state index is 5.25. The van der Waals surface area contributed by atoms with Crippen molar-refractivity contribution in [2.45, 2.75) is 45.8 Å². The molecule has 1 N–H and O–H groups in total. The molecule has 0 aromatic carbocycles. The van der Waals surface area contributed by atoms with Crippen LogP contribution in [0.1, 0.15) is 48.2 Å². The van der Waals surface area contributed by atoms with Crippen LogP contribution in [0.25, 0.3) is 0 Å². The lowest BCUT2D eigenvalue weighted by Gasteiger charge is -2.07. The Labute approximate surface area is 120 Å². The Hall–Kier alpha value is -0.490. The van der Waals surface area contributed by atoms with Gasteiger partial charge in [0, 0.05) is 38.1 Å². The summed E-state index contributed by atoms with van der Waals surface area (Å²) in [5, 5.41) is 4.63. The number of ether oxygens (including phenoxy) is 2. The summed E-state index contributed by atoms with van der Waals surface area (Å²) < 4.78 is 10.3. The van der Waals surface area contributed by atoms with E-state index in [1.165, 1.54) is 9.88 Å². The summed E-state index contributed by atoms with van der Waals surface area (Å²) in [6.07, 6.45) is 2.29. The summed E-state index contributed by atoms with van der Waals surface area (Å²) in [5.41, 5.74) is 1.08. The fourth-order valence-corrected chi connectivity index (χ4v) is 3.28. The van der Waals surface area contributed by atoms with Crippen molar-refractivity contribution in [2.75, 3.05) is 27.4 Å². The smallest absolute Gasteiger partial charge is 0.0963 e. The normalized spacial score (nSPS) is 11.4. The van der Waals surface area contributed by atoms with E-state index < -0.39 is 0 Å². The molecule has 0 unspecified atom stereocenters. The van der Waals surface area contributed by atoms with E-state index in [0.717, 1.165) is 38.2 Å². The average molecular weight is 286 g/mol. The minimum absolute atomic E-state index is 0.577. The van der Waals surface area contributed by atoms with Crippen molar-refractivity contribution in [2.24, 2.45) is 0 Å². The van der Waals surface area contributed by atoms with Crippen LogP contribution in [-0.2, 0) is 22.6 Å². The summed E-state index contributed by atoms with van der Waals surface area (Å²) >= 11 is 1.82. The number of hydrogen-bond acceptors (Lipinski definition) is 5. The maximum absolute atomic E-state index is 5.25. The molecule has 0 saturated carbocycles. The molecule has 0 aliphatic heterocycles. The minimum Gasteiger partial charge on any atom is -0.383 e. The molecular weight excluding hydrogens is 260 g/mol. The van der Waals surface area contributed by atoms with Gasteiger partial charge in [0.05, 0.1) is 23.9 Å². The zero-order valence-corrected chi connectivity index (χ0v) is 13.3. The molecule has 0 fully saturated rings. The number of aromatic nitrogens is 1. The van der Waals surface area contributed by atoms with E-state index in [1.807, 2.05) is 11.3 Å². The van der Waals surface area contributed by atoms with Crippen molar-refractivity contribution in [3.8, 4) is 0 Å². The Bertz CT molecular complexity index is 351. The topological polar surface area (TPSA) is 43.4 Å². The Morgan fingerprint density at radius 3 is 2.53 bits per heavy atom. The van der Waals surface area contributed by atoms with Crippen LogP contribution in [0, 0.1) is 0 Å². The second-order valence-electron chi connectivity index (χ2n) is 4.54. The van der Waals surface area contributed by atoms with Crippen LogP contribution in [0.2, 0.25) is 0 Å². The fourth-order valence-electron chi connectivity index (χ4n) is 1.98. The maximum Gasteiger partial charge on any atom is 0.0963 e. The van der Waals surface area contributed by atoms with E-state index in [0.29, 0.717) is 12.5 Å². The van der Waals surface area contributed by atoms with Crippen molar-refractivity contribution in [3.05, 3.63) is 15.6 Å². The van der Waals surface area contributed by atoms with Gasteiger partial charge in [0.25, 0.3) is 0 Å². The van der Waals surface area contributed by atoms with Gasteiger partial charge in [-0.25, -0.2) is 4.98 Å². The van der Waals surface area contributed by atoms with Gasteiger partial charge < -0.3 is 14.8 Å². The first-order chi connectivity index (χ1) is 9.26. The van der Waals surface area contributed by atoms with Crippen LogP contribution in [0.3, 0.4) is 0 Å². The van der Waals surface area contributed by atoms with Gasteiger partial charge in [0.1, 0.15) is 0 Å². The van der Waals surface area contributed by atoms with Gasteiger partial charge in [0.15, 0.2) is 0 Å². The van der Waals surface area contributed by atoms with Crippen LogP contribution in [0.15, 0.2) is 0 Å². The molecule has 4 nitrogen and oxygen atoms in total. The fraction of sp³-hybridized carbons (Fsp3) is 0.786. The zero-order chi connectivity index (χ0) is 14.1. The average Bonchev–Trinajstić information content (AvgIpc) is 2.80. The molecule has 0 radical (unpaired) electrons. The lowest BCUT2D eigenvalue weighted by atomic mass is 10.1. The molecule has 1 aromatic heterocycles. The highest BCUT2D eigenvalue weighted by Crippen LogP contribution is 2.29. The highest BCUT2D eigenvalue weighted by molar-refractivity contribution is 7.11. The predicted molar refractivity (Wildman–Crippen MR) is 79.7 cm³/mol. The van der Waals surface area contributed by atoms with Crippen molar-refractivity contribution >= 4 is 11.3 Å². The van der Waals surface area contributed by atoms with Gasteiger partial charge in [0.2, 0.25) is 0 Å². The molecule has 0 aliphatic carbocycles. The van der Waals surface area contributed by atoms with E-state index in [1.54, 1.807) is 14.2 Å². The second kappa shape index (κ2) is 9.42. The summed E-state index contributed by atoms with van der Waals surface area (Å²) in [4.78, 5) is 6.05. The third kappa shape index (κ3) is 5.18. The standard InChI is InChI=1S/C14H26N2O2S/c1-5-11(6-2)14-16-12(10-18-4)13(19-14)9-15-7-8-17-3/h11,15H,5-10H2,1-4H3. The van der Waals surface area contributed by atoms with Gasteiger partial charge in [-0.1, -0.05) is 13.8 Å². The van der Waals surface area contributed by atoms with Gasteiger partial charge in [-0.15, -0.1) is 11.3 Å². The highest BCUT2D eigenvalue weighted by Gasteiger charge is 2.16. The van der Waals surface area contributed by atoms with Crippen molar-refractivity contribution in [1.82, 2.24) is 10.3 Å². The quantitative estimate of drug-likeness (QED) is 0.672. The van der Waals surface area contributed by atoms with Crippen LogP contribution in [-0.4, -0.2) is 32.4 Å². The monoisotopic (exact) mass is 286 g/mol. The molecule has 0 aliphatic rings. The Balaban J connectivity index is 2.70. The SMILES string of the molecule is CCC(CC)c1nc(COC)c(CNCCOC)s1. The second-order valence-corrected chi connectivity index (χ2v) is 5.65. The predicted octanol–water partition coefficient (Wildman–Crippen LogP) is 2.93. The third-order valence-corrected chi connectivity index (χ3v) is 4.44. The highest BCUT2D eigenvalue weighted by atomic mass is 32.1. The van der Waals surface area contributed by atoms with E-state index in [9.17, 15) is 0 Å². The molecule has 0 saturated heterocycles. The Kier molecular flexibility index (Phi) is 8.21. The lowest BCUT2D eigenvalue weighted by molar-refractivity contribution is 0.180. The first-order valence-corrected chi connectivity index (χ1v) is 7.75. The minimum atomic E-state index is 0.577. The summed E-state index contributed by atoms with van der Waals surface area (Å²) in [6.45, 7) is 7.49. The van der Waals surface area contributed by atoms with Crippen molar-refractivity contribution in [1.29, 1.82) is 0 Å². The van der Waals surface area contributed by atoms with Gasteiger partial charge in [-0.3, -0.25) is 0 Å². The largest absolute Gasteiger partial charge is 0.383 e. The van der Waals surface area contributed by atoms with Crippen molar-refractivity contribution < 1.29 is 9.47 Å². The Morgan fingerprint density at radius 2 is 1.95 bits per heavy atom. The number of rotatable bonds is 10. The molecule has 0 spiro atoms. The third-order valence-electron chi connectivity index (χ3n) is 3.18. The van der Waals surface area contributed by atoms with Crippen LogP contribution in [0.5, 0.6) is 0 Å². The van der Waals surface area contributed by atoms with Crippen LogP contribution >= 0.6 is 11.3 Å². The first kappa shape index (κ1) is 16.6. The van der Waals surface area contributed by atoms with Gasteiger partial charge in [-0.05, 0) is 12.8 Å². The van der Waals surface area contributed by atoms with Crippen molar-refractivity contribution in [3.63, 3.8) is 0 Å². The first-order valence-electron chi connectivity index (χ1n) is 6.93. The lowest BCUT2D eigenvalue weighted by Crippen LogP contribution is -2.18. The van der Waals surface area contributed by atoms with E-state index in [2.05, 4.69) is 19.2 Å².